The number of amides is 3. The molecule has 36 heavy (non-hydrogen) atoms. The van der Waals surface area contributed by atoms with E-state index in [4.69, 9.17) is 10.5 Å². The monoisotopic (exact) mass is 493 g/mol. The number of aromatic nitrogens is 2. The number of nitrogens with one attached hydrogen (secondary N) is 1. The van der Waals surface area contributed by atoms with Crippen LogP contribution in [-0.4, -0.2) is 63.6 Å². The number of benzene rings is 1. The van der Waals surface area contributed by atoms with Crippen LogP contribution < -0.4 is 16.7 Å². The summed E-state index contributed by atoms with van der Waals surface area (Å²) in [5.41, 5.74) is 7.66. The van der Waals surface area contributed by atoms with Crippen LogP contribution in [0.4, 0.5) is 0 Å². The molecular weight excluding hydrogens is 462 g/mol. The fourth-order valence-electron chi connectivity index (χ4n) is 5.27. The average molecular weight is 494 g/mol. The summed E-state index contributed by atoms with van der Waals surface area (Å²) in [7, 11) is 1.67. The minimum Gasteiger partial charge on any atom is -0.367 e. The van der Waals surface area contributed by atoms with Gasteiger partial charge in [0.25, 0.3) is 5.91 Å². The molecule has 2 aromatic rings. The van der Waals surface area contributed by atoms with Gasteiger partial charge in [-0.1, -0.05) is 11.8 Å². The predicted molar refractivity (Wildman–Crippen MR) is 132 cm³/mol. The van der Waals surface area contributed by atoms with Gasteiger partial charge in [-0.15, -0.1) is 0 Å². The van der Waals surface area contributed by atoms with E-state index in [1.165, 1.54) is 9.13 Å². The maximum Gasteiger partial charge on any atom is 0.329 e. The summed E-state index contributed by atoms with van der Waals surface area (Å²) in [6.07, 6.45) is 3.22. The Hall–Kier alpha value is -3.42. The Labute approximate surface area is 208 Å². The molecule has 3 aliphatic rings. The first-order valence-electron chi connectivity index (χ1n) is 12.5. The van der Waals surface area contributed by atoms with E-state index in [9.17, 15) is 19.2 Å². The minimum atomic E-state index is -0.709. The van der Waals surface area contributed by atoms with Gasteiger partial charge in [-0.3, -0.25) is 28.8 Å². The Kier molecular flexibility index (Phi) is 6.69. The molecule has 5 rings (SSSR count). The zero-order valence-electron chi connectivity index (χ0n) is 20.4. The number of rotatable bonds is 2. The first kappa shape index (κ1) is 24.3. The van der Waals surface area contributed by atoms with E-state index in [1.54, 1.807) is 7.05 Å². The highest BCUT2D eigenvalue weighted by molar-refractivity contribution is 6.00. The molecule has 4 heterocycles. The Morgan fingerprint density at radius 3 is 2.56 bits per heavy atom. The van der Waals surface area contributed by atoms with Crippen LogP contribution in [0.2, 0.25) is 0 Å². The SMILES string of the molecule is Cn1c(=O)n(C2CCC(=O)NC2=O)c2ccc(C#CC3CCN(C(=O)[C@H]4CC[C@H](N)CO4)CC3)cc21. The molecule has 0 aliphatic carbocycles. The molecule has 3 amide bonds. The van der Waals surface area contributed by atoms with Crippen LogP contribution in [0.1, 0.15) is 50.1 Å². The van der Waals surface area contributed by atoms with Crippen molar-refractivity contribution in [1.82, 2.24) is 19.4 Å². The summed E-state index contributed by atoms with van der Waals surface area (Å²) in [4.78, 5) is 51.4. The molecule has 3 atom stereocenters. The van der Waals surface area contributed by atoms with Crippen molar-refractivity contribution in [2.75, 3.05) is 19.7 Å². The van der Waals surface area contributed by atoms with E-state index in [0.717, 1.165) is 24.8 Å². The molecule has 1 unspecified atom stereocenters. The van der Waals surface area contributed by atoms with Crippen LogP contribution in [0.5, 0.6) is 0 Å². The molecule has 0 bridgehead atoms. The smallest absolute Gasteiger partial charge is 0.329 e. The lowest BCUT2D eigenvalue weighted by Crippen LogP contribution is -2.48. The van der Waals surface area contributed by atoms with Crippen LogP contribution in [-0.2, 0) is 26.2 Å². The number of likely N-dealkylation sites (tertiary alicyclic amines) is 1. The second-order valence-corrected chi connectivity index (χ2v) is 9.91. The van der Waals surface area contributed by atoms with Crippen molar-refractivity contribution in [1.29, 1.82) is 0 Å². The molecule has 0 spiro atoms. The normalized spacial score (nSPS) is 25.4. The van der Waals surface area contributed by atoms with E-state index in [2.05, 4.69) is 17.2 Å². The highest BCUT2D eigenvalue weighted by atomic mass is 16.5. The lowest BCUT2D eigenvalue weighted by atomic mass is 9.96. The van der Waals surface area contributed by atoms with Crippen molar-refractivity contribution in [2.45, 2.75) is 56.7 Å². The first-order valence-corrected chi connectivity index (χ1v) is 12.5. The van der Waals surface area contributed by atoms with Crippen molar-refractivity contribution < 1.29 is 19.1 Å². The van der Waals surface area contributed by atoms with Crippen LogP contribution >= 0.6 is 0 Å². The number of nitrogens with zero attached hydrogens (tertiary/aromatic N) is 3. The van der Waals surface area contributed by atoms with Gasteiger partial charge in [-0.2, -0.15) is 0 Å². The lowest BCUT2D eigenvalue weighted by molar-refractivity contribution is -0.148. The quantitative estimate of drug-likeness (QED) is 0.461. The van der Waals surface area contributed by atoms with Crippen molar-refractivity contribution in [3.05, 3.63) is 34.2 Å². The van der Waals surface area contributed by atoms with Gasteiger partial charge in [0.05, 0.1) is 17.6 Å². The van der Waals surface area contributed by atoms with Gasteiger partial charge in [0.1, 0.15) is 12.1 Å². The lowest BCUT2D eigenvalue weighted by Gasteiger charge is -2.34. The molecular formula is C26H31N5O5. The Balaban J connectivity index is 1.26. The summed E-state index contributed by atoms with van der Waals surface area (Å²) >= 11 is 0. The van der Waals surface area contributed by atoms with Gasteiger partial charge in [0.2, 0.25) is 11.8 Å². The van der Waals surface area contributed by atoms with Crippen LogP contribution in [0, 0.1) is 17.8 Å². The maximum atomic E-state index is 12.9. The van der Waals surface area contributed by atoms with Crippen LogP contribution in [0.25, 0.3) is 11.0 Å². The highest BCUT2D eigenvalue weighted by Crippen LogP contribution is 2.24. The molecule has 0 radical (unpaired) electrons. The fourth-order valence-corrected chi connectivity index (χ4v) is 5.27. The standard InChI is InChI=1S/C26H31N5O5/c1-29-21-14-17(4-6-19(21)31(26(29)35)20-7-9-23(32)28-24(20)33)3-2-16-10-12-30(13-11-16)25(34)22-8-5-18(27)15-36-22/h4,6,14,16,18,20,22H,5,7-13,15,27H2,1H3,(H,28,32,33)/t18-,20?,22+/m0/s1. The fraction of sp³-hybridized carbons (Fsp3) is 0.538. The molecule has 1 aromatic heterocycles. The van der Waals surface area contributed by atoms with Gasteiger partial charge in [-0.25, -0.2) is 4.79 Å². The van der Waals surface area contributed by atoms with E-state index in [-0.39, 0.29) is 42.0 Å². The van der Waals surface area contributed by atoms with Crippen LogP contribution in [0.15, 0.2) is 23.0 Å². The number of nitrogens with two attached hydrogens (primary N) is 1. The second kappa shape index (κ2) is 9.91. The van der Waals surface area contributed by atoms with Gasteiger partial charge in [0.15, 0.2) is 0 Å². The van der Waals surface area contributed by atoms with Crippen molar-refractivity contribution in [2.24, 2.45) is 18.7 Å². The Bertz CT molecular complexity index is 1320. The molecule has 10 heteroatoms. The van der Waals surface area contributed by atoms with Crippen molar-refractivity contribution >= 4 is 28.8 Å². The number of carbonyl (C=O) groups excluding carboxylic acids is 3. The topological polar surface area (TPSA) is 129 Å². The third kappa shape index (κ3) is 4.68. The summed E-state index contributed by atoms with van der Waals surface area (Å²) in [6, 6.07) is 4.82. The second-order valence-electron chi connectivity index (χ2n) is 9.91. The number of imidazole rings is 1. The molecule has 3 aliphatic heterocycles. The van der Waals surface area contributed by atoms with Gasteiger partial charge in [-0.05, 0) is 50.3 Å². The Morgan fingerprint density at radius 1 is 1.08 bits per heavy atom. The van der Waals surface area contributed by atoms with Crippen molar-refractivity contribution in [3.63, 3.8) is 0 Å². The molecule has 3 fully saturated rings. The third-order valence-corrected chi connectivity index (χ3v) is 7.42. The van der Waals surface area contributed by atoms with Crippen molar-refractivity contribution in [3.8, 4) is 11.8 Å². The summed E-state index contributed by atoms with van der Waals surface area (Å²) in [5, 5.41) is 2.32. The highest BCUT2D eigenvalue weighted by Gasteiger charge is 2.32. The third-order valence-electron chi connectivity index (χ3n) is 7.42. The zero-order valence-corrected chi connectivity index (χ0v) is 20.4. The number of fused-ring (bicyclic) bond motifs is 1. The number of carbonyl (C=O) groups is 3. The predicted octanol–water partition coefficient (Wildman–Crippen LogP) is 0.414. The molecule has 3 N–H and O–H groups in total. The molecule has 190 valence electrons. The number of imide groups is 1. The van der Waals surface area contributed by atoms with E-state index < -0.39 is 11.9 Å². The zero-order chi connectivity index (χ0) is 25.4. The number of aryl methyl sites for hydroxylation is 1. The maximum absolute atomic E-state index is 12.9. The average Bonchev–Trinajstić information content (AvgIpc) is 3.12. The summed E-state index contributed by atoms with van der Waals surface area (Å²) < 4.78 is 8.61. The summed E-state index contributed by atoms with van der Waals surface area (Å²) in [6.45, 7) is 1.75. The first-order chi connectivity index (χ1) is 17.3. The molecule has 1 aromatic carbocycles. The van der Waals surface area contributed by atoms with Gasteiger partial charge < -0.3 is 15.4 Å². The van der Waals surface area contributed by atoms with E-state index >= 15 is 0 Å². The largest absolute Gasteiger partial charge is 0.367 e. The number of ether oxygens (including phenoxy) is 1. The van der Waals surface area contributed by atoms with E-state index in [1.807, 2.05) is 23.1 Å². The molecule has 0 saturated carbocycles. The van der Waals surface area contributed by atoms with E-state index in [0.29, 0.717) is 43.6 Å². The van der Waals surface area contributed by atoms with Crippen LogP contribution in [0.3, 0.4) is 0 Å². The molecule has 10 nitrogen and oxygen atoms in total. The number of hydrogen-bond donors (Lipinski definition) is 2. The number of hydrogen-bond acceptors (Lipinski definition) is 6. The summed E-state index contributed by atoms with van der Waals surface area (Å²) in [5.74, 6) is 6.03. The Morgan fingerprint density at radius 2 is 1.86 bits per heavy atom. The minimum absolute atomic E-state index is 0.0210. The van der Waals surface area contributed by atoms with Gasteiger partial charge in [0, 0.05) is 44.1 Å². The molecule has 3 saturated heterocycles. The van der Waals surface area contributed by atoms with Gasteiger partial charge >= 0.3 is 5.69 Å². The number of piperidine rings is 2.